The van der Waals surface area contributed by atoms with Crippen LogP contribution < -0.4 is 0 Å². The average Bonchev–Trinajstić information content (AvgIpc) is 2.77. The fourth-order valence-electron chi connectivity index (χ4n) is 4.52. The van der Waals surface area contributed by atoms with Crippen LogP contribution in [0.1, 0.15) is 83.9 Å². The molecule has 0 unspecified atom stereocenters. The highest BCUT2D eigenvalue weighted by molar-refractivity contribution is 6.04. The van der Waals surface area contributed by atoms with Crippen LogP contribution in [-0.2, 0) is 6.42 Å². The molecule has 4 heteroatoms. The van der Waals surface area contributed by atoms with E-state index in [0.29, 0.717) is 17.5 Å². The van der Waals surface area contributed by atoms with Crippen molar-refractivity contribution in [3.8, 4) is 22.3 Å². The molecule has 3 aromatic rings. The van der Waals surface area contributed by atoms with E-state index in [1.54, 1.807) is 24.3 Å². The van der Waals surface area contributed by atoms with Crippen molar-refractivity contribution >= 4 is 11.9 Å². The lowest BCUT2D eigenvalue weighted by atomic mass is 9.76. The minimum absolute atomic E-state index is 0.117. The predicted molar refractivity (Wildman–Crippen MR) is 129 cm³/mol. The third-order valence-corrected chi connectivity index (χ3v) is 5.92. The Hall–Kier alpha value is -3.40. The fourth-order valence-corrected chi connectivity index (χ4v) is 4.52. The Morgan fingerprint density at radius 3 is 1.62 bits per heavy atom. The first-order valence-corrected chi connectivity index (χ1v) is 11.0. The summed E-state index contributed by atoms with van der Waals surface area (Å²) in [6, 6.07) is 16.2. The molecular weight excluding hydrogens is 400 g/mol. The molecule has 0 bridgehead atoms. The van der Waals surface area contributed by atoms with Gasteiger partial charge in [-0.25, -0.2) is 9.59 Å². The zero-order chi connectivity index (χ0) is 23.6. The number of aromatic carboxylic acids is 2. The van der Waals surface area contributed by atoms with Gasteiger partial charge < -0.3 is 10.2 Å². The van der Waals surface area contributed by atoms with E-state index in [1.807, 2.05) is 31.2 Å². The Labute approximate surface area is 189 Å². The first kappa shape index (κ1) is 23.3. The van der Waals surface area contributed by atoms with Crippen molar-refractivity contribution in [2.75, 3.05) is 0 Å². The first-order chi connectivity index (χ1) is 15.2. The van der Waals surface area contributed by atoms with Gasteiger partial charge in [0.25, 0.3) is 0 Å². The van der Waals surface area contributed by atoms with Crippen LogP contribution in [0.5, 0.6) is 0 Å². The van der Waals surface area contributed by atoms with E-state index in [0.717, 1.165) is 22.3 Å². The van der Waals surface area contributed by atoms with Crippen LogP contribution in [0.2, 0.25) is 0 Å². The molecule has 2 N–H and O–H groups in total. The summed E-state index contributed by atoms with van der Waals surface area (Å²) in [5.74, 6) is -1.65. The van der Waals surface area contributed by atoms with Crippen molar-refractivity contribution in [2.24, 2.45) is 0 Å². The van der Waals surface area contributed by atoms with Crippen molar-refractivity contribution in [3.05, 3.63) is 82.4 Å². The van der Waals surface area contributed by atoms with Gasteiger partial charge >= 0.3 is 11.9 Å². The lowest BCUT2D eigenvalue weighted by Crippen LogP contribution is -2.10. The lowest BCUT2D eigenvalue weighted by Gasteiger charge is -2.27. The summed E-state index contributed by atoms with van der Waals surface area (Å²) in [5.41, 5.74) is 6.56. The number of benzene rings is 3. The molecule has 0 aliphatic rings. The number of carbonyl (C=O) groups is 2. The molecule has 3 aromatic carbocycles. The number of carboxylic acids is 2. The fraction of sp³-hybridized carbons (Fsp3) is 0.286. The molecule has 0 spiro atoms. The number of carboxylic acid groups (broad SMARTS) is 2. The monoisotopic (exact) mass is 430 g/mol. The van der Waals surface area contributed by atoms with Crippen LogP contribution in [-0.4, -0.2) is 22.2 Å². The quantitative estimate of drug-likeness (QED) is 0.415. The topological polar surface area (TPSA) is 74.6 Å². The zero-order valence-corrected chi connectivity index (χ0v) is 19.3. The maximum absolute atomic E-state index is 12.2. The second-order valence-electron chi connectivity index (χ2n) is 8.65. The molecule has 166 valence electrons. The summed E-state index contributed by atoms with van der Waals surface area (Å²) >= 11 is 0. The Kier molecular flexibility index (Phi) is 6.83. The molecule has 0 aromatic heterocycles. The van der Waals surface area contributed by atoms with Gasteiger partial charge in [0.05, 0.1) is 11.1 Å². The van der Waals surface area contributed by atoms with Crippen molar-refractivity contribution in [1.82, 2.24) is 0 Å². The Bertz CT molecular complexity index is 1170. The third-order valence-electron chi connectivity index (χ3n) is 5.92. The predicted octanol–water partition coefficient (Wildman–Crippen LogP) is 7.23. The Morgan fingerprint density at radius 1 is 0.750 bits per heavy atom. The van der Waals surface area contributed by atoms with Crippen molar-refractivity contribution in [1.29, 1.82) is 0 Å². The van der Waals surface area contributed by atoms with Crippen LogP contribution in [0.3, 0.4) is 0 Å². The standard InChI is InChI=1S/C28H30O4/c1-6-18-15-23(16(2)3)24(17(4)5)26(20-12-8-10-14-22(20)28(31)32)25(18)19-11-7-9-13-21(19)27(29)30/h7-17H,6H2,1-5H3,(H,29,30)(H,31,32). The highest BCUT2D eigenvalue weighted by Crippen LogP contribution is 2.46. The number of rotatable bonds is 7. The molecule has 3 rings (SSSR count). The molecule has 0 amide bonds. The molecule has 0 aliphatic carbocycles. The minimum atomic E-state index is -1.00. The maximum Gasteiger partial charge on any atom is 0.336 e. The van der Waals surface area contributed by atoms with E-state index >= 15 is 0 Å². The smallest absolute Gasteiger partial charge is 0.336 e. The van der Waals surface area contributed by atoms with Crippen LogP contribution in [0, 0.1) is 0 Å². The van der Waals surface area contributed by atoms with Crippen molar-refractivity contribution in [2.45, 2.75) is 52.9 Å². The van der Waals surface area contributed by atoms with Gasteiger partial charge in [-0.15, -0.1) is 0 Å². The summed E-state index contributed by atoms with van der Waals surface area (Å²) in [5, 5.41) is 19.9. The molecule has 4 nitrogen and oxygen atoms in total. The summed E-state index contributed by atoms with van der Waals surface area (Å²) in [6.45, 7) is 10.5. The Balaban J connectivity index is 2.63. The van der Waals surface area contributed by atoms with Gasteiger partial charge in [-0.3, -0.25) is 0 Å². The number of hydrogen-bond donors (Lipinski definition) is 2. The molecular formula is C28H30O4. The van der Waals surface area contributed by atoms with E-state index in [2.05, 4.69) is 33.8 Å². The zero-order valence-electron chi connectivity index (χ0n) is 19.3. The number of hydrogen-bond acceptors (Lipinski definition) is 2. The van der Waals surface area contributed by atoms with Crippen molar-refractivity contribution in [3.63, 3.8) is 0 Å². The highest BCUT2D eigenvalue weighted by Gasteiger charge is 2.27. The third kappa shape index (κ3) is 4.18. The summed E-state index contributed by atoms with van der Waals surface area (Å²) in [6.07, 6.45) is 0.698. The molecule has 32 heavy (non-hydrogen) atoms. The molecule has 0 aliphatic heterocycles. The molecule has 0 atom stereocenters. The largest absolute Gasteiger partial charge is 0.478 e. The van der Waals surface area contributed by atoms with Gasteiger partial charge in [-0.2, -0.15) is 0 Å². The summed E-state index contributed by atoms with van der Waals surface area (Å²) < 4.78 is 0. The minimum Gasteiger partial charge on any atom is -0.478 e. The lowest BCUT2D eigenvalue weighted by molar-refractivity contribution is 0.0686. The van der Waals surface area contributed by atoms with Gasteiger partial charge in [0.1, 0.15) is 0 Å². The van der Waals surface area contributed by atoms with Gasteiger partial charge in [-0.1, -0.05) is 77.1 Å². The second-order valence-corrected chi connectivity index (χ2v) is 8.65. The highest BCUT2D eigenvalue weighted by atomic mass is 16.4. The van der Waals surface area contributed by atoms with Gasteiger partial charge in [0.15, 0.2) is 0 Å². The van der Waals surface area contributed by atoms with Crippen LogP contribution in [0.15, 0.2) is 54.6 Å². The van der Waals surface area contributed by atoms with E-state index in [4.69, 9.17) is 0 Å². The summed E-state index contributed by atoms with van der Waals surface area (Å²) in [7, 11) is 0. The first-order valence-electron chi connectivity index (χ1n) is 11.0. The summed E-state index contributed by atoms with van der Waals surface area (Å²) in [4.78, 5) is 24.3. The van der Waals surface area contributed by atoms with E-state index in [1.165, 1.54) is 5.56 Å². The van der Waals surface area contributed by atoms with E-state index in [-0.39, 0.29) is 23.0 Å². The molecule has 0 fully saturated rings. The van der Waals surface area contributed by atoms with E-state index in [9.17, 15) is 19.8 Å². The maximum atomic E-state index is 12.2. The van der Waals surface area contributed by atoms with Gasteiger partial charge in [0, 0.05) is 0 Å². The molecule has 0 saturated heterocycles. The van der Waals surface area contributed by atoms with E-state index < -0.39 is 11.9 Å². The molecule has 0 radical (unpaired) electrons. The van der Waals surface area contributed by atoms with Gasteiger partial charge in [-0.05, 0) is 69.3 Å². The average molecular weight is 431 g/mol. The SMILES string of the molecule is CCc1cc(C(C)C)c(C(C)C)c(-c2ccccc2C(=O)O)c1-c1ccccc1C(=O)O. The molecule has 0 heterocycles. The number of aryl methyl sites for hydroxylation is 1. The van der Waals surface area contributed by atoms with Crippen LogP contribution in [0.4, 0.5) is 0 Å². The normalized spacial score (nSPS) is 11.2. The van der Waals surface area contributed by atoms with Gasteiger partial charge in [0.2, 0.25) is 0 Å². The van der Waals surface area contributed by atoms with Crippen molar-refractivity contribution < 1.29 is 19.8 Å². The van der Waals surface area contributed by atoms with Crippen LogP contribution >= 0.6 is 0 Å². The van der Waals surface area contributed by atoms with Crippen LogP contribution in [0.25, 0.3) is 22.3 Å². The molecule has 0 saturated carbocycles. The Morgan fingerprint density at radius 2 is 1.22 bits per heavy atom. The second kappa shape index (κ2) is 9.39.